The number of rotatable bonds is 5. The second-order valence-electron chi connectivity index (χ2n) is 5.48. The van der Waals surface area contributed by atoms with Crippen LogP contribution in [0.2, 0.25) is 0 Å². The lowest BCUT2D eigenvalue weighted by molar-refractivity contribution is 0.340. The molecule has 6 heteroatoms. The van der Waals surface area contributed by atoms with E-state index >= 15 is 0 Å². The van der Waals surface area contributed by atoms with E-state index in [1.165, 1.54) is 10.6 Å². The Labute approximate surface area is 145 Å². The number of hydrogen-bond acceptors (Lipinski definition) is 5. The Kier molecular flexibility index (Phi) is 4.70. The summed E-state index contributed by atoms with van der Waals surface area (Å²) in [5, 5.41) is 0. The summed E-state index contributed by atoms with van der Waals surface area (Å²) in [4.78, 5) is 16.0. The molecule has 0 unspecified atom stereocenters. The number of anilines is 1. The predicted octanol–water partition coefficient (Wildman–Crippen LogP) is 3.22. The Balaban J connectivity index is 2.15. The Morgan fingerprint density at radius 3 is 2.72 bits per heavy atom. The third kappa shape index (κ3) is 3.63. The molecule has 3 rings (SSSR count). The Morgan fingerprint density at radius 2 is 2.00 bits per heavy atom. The highest BCUT2D eigenvalue weighted by molar-refractivity contribution is 5.78. The number of nitrogens with zero attached hydrogens (tertiary/aromatic N) is 2. The molecule has 1 aromatic carbocycles. The van der Waals surface area contributed by atoms with E-state index in [2.05, 4.69) is 4.98 Å². The summed E-state index contributed by atoms with van der Waals surface area (Å²) in [6.45, 7) is 2.31. The monoisotopic (exact) mass is 337 g/mol. The average molecular weight is 337 g/mol. The van der Waals surface area contributed by atoms with E-state index in [1.54, 1.807) is 49.9 Å². The maximum atomic E-state index is 12.0. The van der Waals surface area contributed by atoms with Crippen molar-refractivity contribution < 1.29 is 9.47 Å². The third-order valence-corrected chi connectivity index (χ3v) is 3.65. The van der Waals surface area contributed by atoms with Crippen molar-refractivity contribution in [1.82, 2.24) is 9.55 Å². The smallest absolute Gasteiger partial charge is 0.254 e. The molecule has 2 aromatic heterocycles. The van der Waals surface area contributed by atoms with Gasteiger partial charge in [-0.05, 0) is 37.3 Å². The van der Waals surface area contributed by atoms with Crippen molar-refractivity contribution in [1.29, 1.82) is 0 Å². The Bertz CT molecular complexity index is 936. The van der Waals surface area contributed by atoms with Gasteiger partial charge in [0.2, 0.25) is 0 Å². The molecular weight excluding hydrogens is 318 g/mol. The Hall–Kier alpha value is -3.28. The van der Waals surface area contributed by atoms with Crippen LogP contribution in [0.4, 0.5) is 5.69 Å². The van der Waals surface area contributed by atoms with Crippen LogP contribution < -0.4 is 20.8 Å². The molecule has 0 radical (unpaired) electrons. The van der Waals surface area contributed by atoms with Crippen LogP contribution >= 0.6 is 0 Å². The summed E-state index contributed by atoms with van der Waals surface area (Å²) in [6.07, 6.45) is 5.03. The maximum absolute atomic E-state index is 12.0. The van der Waals surface area contributed by atoms with Crippen molar-refractivity contribution in [3.05, 3.63) is 65.3 Å². The molecule has 0 spiro atoms. The summed E-state index contributed by atoms with van der Waals surface area (Å²) < 4.78 is 13.1. The summed E-state index contributed by atoms with van der Waals surface area (Å²) in [5.41, 5.74) is 7.88. The lowest BCUT2D eigenvalue weighted by Gasteiger charge is -2.16. The number of aromatic nitrogens is 2. The molecule has 0 aliphatic heterocycles. The highest BCUT2D eigenvalue weighted by Crippen LogP contribution is 2.38. The molecule has 2 N–H and O–H groups in total. The first-order valence-corrected chi connectivity index (χ1v) is 7.89. The van der Waals surface area contributed by atoms with Crippen LogP contribution in [-0.4, -0.2) is 16.2 Å². The number of aryl methyl sites for hydroxylation is 1. The molecule has 25 heavy (non-hydrogen) atoms. The van der Waals surface area contributed by atoms with Crippen molar-refractivity contribution in [2.24, 2.45) is 7.05 Å². The zero-order valence-corrected chi connectivity index (χ0v) is 14.1. The van der Waals surface area contributed by atoms with Crippen LogP contribution in [-0.2, 0) is 7.05 Å². The first kappa shape index (κ1) is 16.6. The van der Waals surface area contributed by atoms with Gasteiger partial charge in [0.05, 0.1) is 12.8 Å². The van der Waals surface area contributed by atoms with Gasteiger partial charge in [0.1, 0.15) is 17.2 Å². The molecule has 0 aliphatic carbocycles. The fourth-order valence-electron chi connectivity index (χ4n) is 2.47. The van der Waals surface area contributed by atoms with Crippen molar-refractivity contribution in [2.45, 2.75) is 6.92 Å². The van der Waals surface area contributed by atoms with Crippen molar-refractivity contribution in [2.75, 3.05) is 12.3 Å². The van der Waals surface area contributed by atoms with Crippen LogP contribution in [0.3, 0.4) is 0 Å². The highest BCUT2D eigenvalue weighted by Gasteiger charge is 2.15. The summed E-state index contributed by atoms with van der Waals surface area (Å²) in [7, 11) is 1.69. The van der Waals surface area contributed by atoms with Crippen LogP contribution in [0.5, 0.6) is 17.2 Å². The van der Waals surface area contributed by atoms with E-state index in [9.17, 15) is 4.79 Å². The van der Waals surface area contributed by atoms with Crippen molar-refractivity contribution in [3.8, 4) is 28.4 Å². The molecule has 0 saturated heterocycles. The maximum Gasteiger partial charge on any atom is 0.254 e. The van der Waals surface area contributed by atoms with Crippen LogP contribution in [0, 0.1) is 0 Å². The zero-order chi connectivity index (χ0) is 17.8. The van der Waals surface area contributed by atoms with Gasteiger partial charge in [0, 0.05) is 42.3 Å². The summed E-state index contributed by atoms with van der Waals surface area (Å²) in [5.74, 6) is 1.70. The van der Waals surface area contributed by atoms with E-state index in [0.29, 0.717) is 29.5 Å². The fourth-order valence-corrected chi connectivity index (χ4v) is 2.47. The van der Waals surface area contributed by atoms with Gasteiger partial charge >= 0.3 is 0 Å². The first-order valence-electron chi connectivity index (χ1n) is 7.89. The van der Waals surface area contributed by atoms with Gasteiger partial charge in [-0.1, -0.05) is 0 Å². The van der Waals surface area contributed by atoms with E-state index < -0.39 is 0 Å². The second-order valence-corrected chi connectivity index (χ2v) is 5.48. The average Bonchev–Trinajstić information content (AvgIpc) is 2.61. The number of pyridine rings is 2. The van der Waals surface area contributed by atoms with E-state index in [4.69, 9.17) is 15.2 Å². The summed E-state index contributed by atoms with van der Waals surface area (Å²) >= 11 is 0. The van der Waals surface area contributed by atoms with Gasteiger partial charge in [0.15, 0.2) is 0 Å². The number of benzene rings is 1. The minimum atomic E-state index is -0.147. The Morgan fingerprint density at radius 1 is 1.16 bits per heavy atom. The number of hydrogen-bond donors (Lipinski definition) is 1. The molecule has 128 valence electrons. The van der Waals surface area contributed by atoms with Gasteiger partial charge in [-0.25, -0.2) is 0 Å². The molecular formula is C19H19N3O3. The molecule has 0 atom stereocenters. The fraction of sp³-hybridized carbons (Fsp3) is 0.158. The minimum absolute atomic E-state index is 0.147. The number of nitrogens with two attached hydrogens (primary N) is 1. The molecule has 6 nitrogen and oxygen atoms in total. The van der Waals surface area contributed by atoms with Crippen LogP contribution in [0.15, 0.2) is 59.8 Å². The summed E-state index contributed by atoms with van der Waals surface area (Å²) in [6, 6.07) is 10.4. The van der Waals surface area contributed by atoms with Crippen LogP contribution in [0.1, 0.15) is 6.92 Å². The zero-order valence-electron chi connectivity index (χ0n) is 14.1. The molecule has 3 aromatic rings. The number of nitrogen functional groups attached to an aromatic ring is 1. The highest BCUT2D eigenvalue weighted by atomic mass is 16.5. The molecule has 0 fully saturated rings. The van der Waals surface area contributed by atoms with E-state index in [0.717, 1.165) is 11.1 Å². The molecule has 2 heterocycles. The molecule has 0 bridgehead atoms. The van der Waals surface area contributed by atoms with Crippen molar-refractivity contribution in [3.63, 3.8) is 0 Å². The molecule has 0 saturated carbocycles. The lowest BCUT2D eigenvalue weighted by atomic mass is 10.0. The topological polar surface area (TPSA) is 79.4 Å². The van der Waals surface area contributed by atoms with Gasteiger partial charge < -0.3 is 19.8 Å². The molecule has 0 amide bonds. The quantitative estimate of drug-likeness (QED) is 0.723. The van der Waals surface area contributed by atoms with Gasteiger partial charge in [-0.3, -0.25) is 9.78 Å². The van der Waals surface area contributed by atoms with Crippen molar-refractivity contribution >= 4 is 5.69 Å². The van der Waals surface area contributed by atoms with E-state index in [-0.39, 0.29) is 5.56 Å². The minimum Gasteiger partial charge on any atom is -0.493 e. The predicted molar refractivity (Wildman–Crippen MR) is 97.0 cm³/mol. The SMILES string of the molecule is CCOc1cc(=O)n(C)cc1-c1cc(N)ccc1Oc1cccnc1. The van der Waals surface area contributed by atoms with Gasteiger partial charge in [-0.2, -0.15) is 0 Å². The van der Waals surface area contributed by atoms with Gasteiger partial charge in [-0.15, -0.1) is 0 Å². The molecule has 0 aliphatic rings. The van der Waals surface area contributed by atoms with Crippen LogP contribution in [0.25, 0.3) is 11.1 Å². The third-order valence-electron chi connectivity index (χ3n) is 3.65. The normalized spacial score (nSPS) is 10.5. The number of ether oxygens (including phenoxy) is 2. The second kappa shape index (κ2) is 7.09. The largest absolute Gasteiger partial charge is 0.493 e. The first-order chi connectivity index (χ1) is 12.1. The van der Waals surface area contributed by atoms with Gasteiger partial charge in [0.25, 0.3) is 5.56 Å². The van der Waals surface area contributed by atoms with E-state index in [1.807, 2.05) is 13.0 Å². The standard InChI is InChI=1S/C19H19N3O3/c1-3-24-18-10-19(23)22(2)12-16(18)15-9-13(20)6-7-17(15)25-14-5-4-8-21-11-14/h4-12H,3,20H2,1-2H3. The lowest BCUT2D eigenvalue weighted by Crippen LogP contribution is -2.16.